The van der Waals surface area contributed by atoms with Crippen molar-refractivity contribution in [3.63, 3.8) is 0 Å². The predicted octanol–water partition coefficient (Wildman–Crippen LogP) is 4.64. The van der Waals surface area contributed by atoms with Crippen molar-refractivity contribution in [3.8, 4) is 5.75 Å². The SMILES string of the molecule is Cc1cc(C)c(OCC(=O)c2ccc(Br)cc2)c(C)c1. The van der Waals surface area contributed by atoms with E-state index in [0.29, 0.717) is 5.56 Å². The fourth-order valence-electron chi connectivity index (χ4n) is 2.25. The molecule has 0 fully saturated rings. The van der Waals surface area contributed by atoms with Crippen LogP contribution in [0.4, 0.5) is 0 Å². The number of carbonyl (C=O) groups excluding carboxylic acids is 1. The maximum Gasteiger partial charge on any atom is 0.200 e. The van der Waals surface area contributed by atoms with Crippen LogP contribution in [0.1, 0.15) is 27.0 Å². The lowest BCUT2D eigenvalue weighted by Crippen LogP contribution is -2.12. The van der Waals surface area contributed by atoms with Gasteiger partial charge in [-0.05, 0) is 44.0 Å². The van der Waals surface area contributed by atoms with Gasteiger partial charge in [-0.25, -0.2) is 0 Å². The number of halogens is 1. The van der Waals surface area contributed by atoms with Crippen LogP contribution >= 0.6 is 15.9 Å². The summed E-state index contributed by atoms with van der Waals surface area (Å²) < 4.78 is 6.67. The van der Waals surface area contributed by atoms with E-state index in [-0.39, 0.29) is 12.4 Å². The van der Waals surface area contributed by atoms with Crippen molar-refractivity contribution in [3.05, 3.63) is 63.1 Å². The van der Waals surface area contributed by atoms with Crippen LogP contribution in [0.25, 0.3) is 0 Å². The normalized spacial score (nSPS) is 10.4. The van der Waals surface area contributed by atoms with Gasteiger partial charge in [-0.1, -0.05) is 45.8 Å². The summed E-state index contributed by atoms with van der Waals surface area (Å²) in [4.78, 5) is 12.1. The highest BCUT2D eigenvalue weighted by atomic mass is 79.9. The van der Waals surface area contributed by atoms with Crippen LogP contribution in [-0.4, -0.2) is 12.4 Å². The third-order valence-corrected chi connectivity index (χ3v) is 3.65. The molecule has 0 aliphatic carbocycles. The standard InChI is InChI=1S/C17H17BrO2/c1-11-8-12(2)17(13(3)9-11)20-10-16(19)14-4-6-15(18)7-5-14/h4-9H,10H2,1-3H3. The molecule has 0 heterocycles. The number of rotatable bonds is 4. The van der Waals surface area contributed by atoms with E-state index in [1.807, 2.05) is 26.0 Å². The van der Waals surface area contributed by atoms with E-state index >= 15 is 0 Å². The zero-order valence-electron chi connectivity index (χ0n) is 11.9. The van der Waals surface area contributed by atoms with E-state index in [2.05, 4.69) is 35.0 Å². The lowest BCUT2D eigenvalue weighted by Gasteiger charge is -2.12. The second-order valence-corrected chi connectivity index (χ2v) is 5.86. The van der Waals surface area contributed by atoms with Crippen molar-refractivity contribution in [2.45, 2.75) is 20.8 Å². The fraction of sp³-hybridized carbons (Fsp3) is 0.235. The molecule has 2 rings (SSSR count). The number of ether oxygens (including phenoxy) is 1. The Balaban J connectivity index is 2.09. The van der Waals surface area contributed by atoms with Gasteiger partial charge in [0.1, 0.15) is 5.75 Å². The Kier molecular flexibility index (Phi) is 4.61. The first kappa shape index (κ1) is 14.8. The first-order chi connectivity index (χ1) is 9.47. The molecule has 0 saturated carbocycles. The van der Waals surface area contributed by atoms with Gasteiger partial charge in [-0.3, -0.25) is 4.79 Å². The first-order valence-electron chi connectivity index (χ1n) is 6.47. The highest BCUT2D eigenvalue weighted by Gasteiger charge is 2.10. The van der Waals surface area contributed by atoms with Crippen LogP contribution in [0.15, 0.2) is 40.9 Å². The summed E-state index contributed by atoms with van der Waals surface area (Å²) in [5.74, 6) is 0.790. The second kappa shape index (κ2) is 6.23. The van der Waals surface area contributed by atoms with E-state index in [1.54, 1.807) is 12.1 Å². The number of Topliss-reactive ketones (excluding diaryl/α,β-unsaturated/α-hetero) is 1. The summed E-state index contributed by atoms with van der Waals surface area (Å²) in [5, 5.41) is 0. The van der Waals surface area contributed by atoms with Crippen LogP contribution in [0, 0.1) is 20.8 Å². The molecule has 0 atom stereocenters. The van der Waals surface area contributed by atoms with Gasteiger partial charge < -0.3 is 4.74 Å². The quantitative estimate of drug-likeness (QED) is 0.762. The molecule has 0 spiro atoms. The van der Waals surface area contributed by atoms with Gasteiger partial charge in [0.25, 0.3) is 0 Å². The molecule has 0 bridgehead atoms. The molecule has 20 heavy (non-hydrogen) atoms. The van der Waals surface area contributed by atoms with E-state index in [0.717, 1.165) is 21.3 Å². The Morgan fingerprint density at radius 2 is 1.60 bits per heavy atom. The number of carbonyl (C=O) groups is 1. The molecule has 0 aliphatic heterocycles. The van der Waals surface area contributed by atoms with Gasteiger partial charge in [-0.15, -0.1) is 0 Å². The van der Waals surface area contributed by atoms with Crippen molar-refractivity contribution < 1.29 is 9.53 Å². The average Bonchev–Trinajstić information content (AvgIpc) is 2.38. The molecule has 0 aliphatic rings. The van der Waals surface area contributed by atoms with Gasteiger partial charge in [0, 0.05) is 10.0 Å². The zero-order chi connectivity index (χ0) is 14.7. The van der Waals surface area contributed by atoms with Gasteiger partial charge in [0.2, 0.25) is 0 Å². The average molecular weight is 333 g/mol. The first-order valence-corrected chi connectivity index (χ1v) is 7.26. The minimum atomic E-state index is -0.0168. The van der Waals surface area contributed by atoms with Crippen LogP contribution in [0.3, 0.4) is 0 Å². The summed E-state index contributed by atoms with van der Waals surface area (Å²) in [6.07, 6.45) is 0. The maximum atomic E-state index is 12.1. The Morgan fingerprint density at radius 3 is 2.15 bits per heavy atom. The Labute approximate surface area is 127 Å². The van der Waals surface area contributed by atoms with Gasteiger partial charge in [0.05, 0.1) is 0 Å². The predicted molar refractivity (Wildman–Crippen MR) is 84.6 cm³/mol. The van der Waals surface area contributed by atoms with Crippen LogP contribution < -0.4 is 4.74 Å². The van der Waals surface area contributed by atoms with Crippen LogP contribution in [0.2, 0.25) is 0 Å². The maximum absolute atomic E-state index is 12.1. The van der Waals surface area contributed by atoms with E-state index in [1.165, 1.54) is 5.56 Å². The van der Waals surface area contributed by atoms with Gasteiger partial charge in [0.15, 0.2) is 12.4 Å². The zero-order valence-corrected chi connectivity index (χ0v) is 13.5. The molecular weight excluding hydrogens is 316 g/mol. The topological polar surface area (TPSA) is 26.3 Å². The Hall–Kier alpha value is -1.61. The monoisotopic (exact) mass is 332 g/mol. The molecule has 0 radical (unpaired) electrons. The van der Waals surface area contributed by atoms with Crippen LogP contribution in [0.5, 0.6) is 5.75 Å². The van der Waals surface area contributed by atoms with Gasteiger partial charge >= 0.3 is 0 Å². The van der Waals surface area contributed by atoms with E-state index in [9.17, 15) is 4.79 Å². The number of ketones is 1. The highest BCUT2D eigenvalue weighted by molar-refractivity contribution is 9.10. The summed E-state index contributed by atoms with van der Waals surface area (Å²) >= 11 is 3.35. The molecule has 0 amide bonds. The molecular formula is C17H17BrO2. The van der Waals surface area contributed by atoms with Crippen LogP contribution in [-0.2, 0) is 0 Å². The van der Waals surface area contributed by atoms with Crippen molar-refractivity contribution in [2.75, 3.05) is 6.61 Å². The summed E-state index contributed by atoms with van der Waals surface area (Å²) in [5.41, 5.74) is 3.99. The van der Waals surface area contributed by atoms with Crippen molar-refractivity contribution in [1.82, 2.24) is 0 Å². The number of hydrogen-bond acceptors (Lipinski definition) is 2. The largest absolute Gasteiger partial charge is 0.485 e. The third kappa shape index (κ3) is 3.48. The molecule has 2 aromatic rings. The second-order valence-electron chi connectivity index (χ2n) is 4.95. The number of hydrogen-bond donors (Lipinski definition) is 0. The van der Waals surface area contributed by atoms with Crippen molar-refractivity contribution in [2.24, 2.45) is 0 Å². The van der Waals surface area contributed by atoms with E-state index in [4.69, 9.17) is 4.74 Å². The fourth-order valence-corrected chi connectivity index (χ4v) is 2.52. The lowest BCUT2D eigenvalue weighted by atomic mass is 10.1. The van der Waals surface area contributed by atoms with E-state index < -0.39 is 0 Å². The molecule has 0 N–H and O–H groups in total. The minimum Gasteiger partial charge on any atom is -0.485 e. The minimum absolute atomic E-state index is 0.0168. The van der Waals surface area contributed by atoms with Gasteiger partial charge in [-0.2, -0.15) is 0 Å². The molecule has 2 aromatic carbocycles. The summed E-state index contributed by atoms with van der Waals surface area (Å²) in [6, 6.07) is 11.4. The lowest BCUT2D eigenvalue weighted by molar-refractivity contribution is 0.0920. The molecule has 0 aromatic heterocycles. The number of aryl methyl sites for hydroxylation is 3. The smallest absolute Gasteiger partial charge is 0.200 e. The molecule has 2 nitrogen and oxygen atoms in total. The highest BCUT2D eigenvalue weighted by Crippen LogP contribution is 2.24. The Bertz CT molecular complexity index is 607. The molecule has 0 saturated heterocycles. The van der Waals surface area contributed by atoms with Crippen molar-refractivity contribution >= 4 is 21.7 Å². The Morgan fingerprint density at radius 1 is 1.05 bits per heavy atom. The molecule has 0 unspecified atom stereocenters. The molecule has 3 heteroatoms. The summed E-state index contributed by atoms with van der Waals surface area (Å²) in [7, 11) is 0. The number of benzene rings is 2. The summed E-state index contributed by atoms with van der Waals surface area (Å²) in [6.45, 7) is 6.11. The third-order valence-electron chi connectivity index (χ3n) is 3.12. The molecule has 104 valence electrons. The van der Waals surface area contributed by atoms with Crippen molar-refractivity contribution in [1.29, 1.82) is 0 Å².